The van der Waals surface area contributed by atoms with Gasteiger partial charge >= 0.3 is 0 Å². The minimum absolute atomic E-state index is 0.165. The summed E-state index contributed by atoms with van der Waals surface area (Å²) in [6, 6.07) is 2.79. The molecule has 0 aliphatic carbocycles. The van der Waals surface area contributed by atoms with Crippen molar-refractivity contribution in [3.05, 3.63) is 45.2 Å². The van der Waals surface area contributed by atoms with Crippen molar-refractivity contribution in [1.82, 2.24) is 19.6 Å². The number of hydrogen-bond acceptors (Lipinski definition) is 2. The van der Waals surface area contributed by atoms with Gasteiger partial charge in [0, 0.05) is 24.5 Å². The normalized spacial score (nSPS) is 10.5. The molecule has 0 radical (unpaired) electrons. The zero-order chi connectivity index (χ0) is 9.26. The van der Waals surface area contributed by atoms with Gasteiger partial charge in [-0.25, -0.2) is 9.36 Å². The maximum Gasteiger partial charge on any atom is 0.268 e. The lowest BCUT2D eigenvalue weighted by Gasteiger charge is -2.00. The number of rotatable bonds is 2. The van der Waals surface area contributed by atoms with Gasteiger partial charge in [-0.05, 0) is 0 Å². The lowest BCUT2D eigenvalue weighted by atomic mass is 10.7. The highest BCUT2D eigenvalue weighted by Gasteiger charge is 1.98. The molecule has 0 saturated carbocycles. The van der Waals surface area contributed by atoms with Crippen LogP contribution in [0.4, 0.5) is 0 Å². The Balaban J connectivity index is 2.35. The molecule has 13 heavy (non-hydrogen) atoms. The second-order valence-corrected chi connectivity index (χ2v) is 2.60. The maximum atomic E-state index is 11.1. The number of hydrogen-bond donors (Lipinski definition) is 2. The minimum atomic E-state index is -0.165. The maximum absolute atomic E-state index is 11.1. The Morgan fingerprint density at radius 3 is 1.77 bits per heavy atom. The van der Waals surface area contributed by atoms with Crippen molar-refractivity contribution >= 4 is 0 Å². The van der Waals surface area contributed by atoms with E-state index in [1.165, 1.54) is 33.9 Å². The Kier molecular flexibility index (Phi) is 1.66. The van der Waals surface area contributed by atoms with E-state index in [1.54, 1.807) is 0 Å². The van der Waals surface area contributed by atoms with Crippen LogP contribution in [-0.2, 0) is 6.67 Å². The van der Waals surface area contributed by atoms with Crippen LogP contribution >= 0.6 is 0 Å². The monoisotopic (exact) mass is 180 g/mol. The van der Waals surface area contributed by atoms with E-state index < -0.39 is 0 Å². The third kappa shape index (κ3) is 1.33. The van der Waals surface area contributed by atoms with Crippen LogP contribution in [0.25, 0.3) is 0 Å². The summed E-state index contributed by atoms with van der Waals surface area (Å²) >= 11 is 0. The molecule has 0 unspecified atom stereocenters. The third-order valence-electron chi connectivity index (χ3n) is 1.73. The van der Waals surface area contributed by atoms with Crippen LogP contribution < -0.4 is 11.1 Å². The summed E-state index contributed by atoms with van der Waals surface area (Å²) in [7, 11) is 0. The molecule has 0 saturated heterocycles. The van der Waals surface area contributed by atoms with Gasteiger partial charge in [-0.15, -0.1) is 0 Å². The van der Waals surface area contributed by atoms with Crippen LogP contribution in [-0.4, -0.2) is 19.6 Å². The molecule has 2 aromatic heterocycles. The first-order valence-electron chi connectivity index (χ1n) is 3.76. The first-order valence-corrected chi connectivity index (χ1v) is 3.76. The Morgan fingerprint density at radius 2 is 1.46 bits per heavy atom. The van der Waals surface area contributed by atoms with Gasteiger partial charge in [-0.3, -0.25) is 9.59 Å². The molecular weight excluding hydrogens is 172 g/mol. The van der Waals surface area contributed by atoms with E-state index in [-0.39, 0.29) is 17.8 Å². The molecule has 6 nitrogen and oxygen atoms in total. The van der Waals surface area contributed by atoms with Gasteiger partial charge in [0.1, 0.15) is 6.67 Å². The zero-order valence-corrected chi connectivity index (χ0v) is 6.73. The molecular formula is C7H8N4O2. The molecule has 2 heterocycles. The Bertz CT molecular complexity index is 454. The summed E-state index contributed by atoms with van der Waals surface area (Å²) in [5, 5.41) is 5.39. The van der Waals surface area contributed by atoms with Crippen LogP contribution in [0, 0.1) is 0 Å². The van der Waals surface area contributed by atoms with Crippen molar-refractivity contribution in [3.8, 4) is 0 Å². The van der Waals surface area contributed by atoms with Crippen molar-refractivity contribution in [2.75, 3.05) is 0 Å². The average molecular weight is 180 g/mol. The molecule has 0 aliphatic heterocycles. The summed E-state index contributed by atoms with van der Waals surface area (Å²) in [6.45, 7) is 0.178. The predicted octanol–water partition coefficient (Wildman–Crippen LogP) is -0.828. The molecule has 0 aliphatic rings. The van der Waals surface area contributed by atoms with E-state index in [9.17, 15) is 9.59 Å². The van der Waals surface area contributed by atoms with Gasteiger partial charge in [0.2, 0.25) is 0 Å². The summed E-state index contributed by atoms with van der Waals surface area (Å²) in [4.78, 5) is 22.1. The Morgan fingerprint density at radius 1 is 1.00 bits per heavy atom. The van der Waals surface area contributed by atoms with Crippen molar-refractivity contribution in [2.45, 2.75) is 6.67 Å². The van der Waals surface area contributed by atoms with Gasteiger partial charge in [0.15, 0.2) is 0 Å². The zero-order valence-electron chi connectivity index (χ0n) is 6.73. The first kappa shape index (κ1) is 7.66. The van der Waals surface area contributed by atoms with Crippen LogP contribution in [0.1, 0.15) is 0 Å². The van der Waals surface area contributed by atoms with E-state index in [1.807, 2.05) is 0 Å². The fourth-order valence-corrected chi connectivity index (χ4v) is 1.07. The van der Waals surface area contributed by atoms with E-state index >= 15 is 0 Å². The third-order valence-corrected chi connectivity index (χ3v) is 1.73. The van der Waals surface area contributed by atoms with Crippen molar-refractivity contribution in [1.29, 1.82) is 0 Å². The lowest BCUT2D eigenvalue weighted by Crippen LogP contribution is -2.26. The highest BCUT2D eigenvalue weighted by Crippen LogP contribution is 1.78. The van der Waals surface area contributed by atoms with E-state index in [0.717, 1.165) is 0 Å². The number of H-pyrrole nitrogens is 2. The molecule has 6 heteroatoms. The SMILES string of the molecule is O=c1cc[nH]n1Cn1[nH]ccc1=O. The fourth-order valence-electron chi connectivity index (χ4n) is 1.07. The molecule has 2 rings (SSSR count). The number of aromatic nitrogens is 4. The molecule has 68 valence electrons. The van der Waals surface area contributed by atoms with Crippen LogP contribution in [0.5, 0.6) is 0 Å². The van der Waals surface area contributed by atoms with Gasteiger partial charge < -0.3 is 10.2 Å². The standard InChI is InChI=1S/C7H8N4O2/c12-6-1-3-8-10(6)5-11-7(13)2-4-9-11/h1-4,8-9H,5H2. The van der Waals surface area contributed by atoms with Crippen molar-refractivity contribution in [2.24, 2.45) is 0 Å². The summed E-state index contributed by atoms with van der Waals surface area (Å²) < 4.78 is 2.63. The van der Waals surface area contributed by atoms with Crippen LogP contribution in [0.15, 0.2) is 34.1 Å². The average Bonchev–Trinajstić information content (AvgIpc) is 2.65. The van der Waals surface area contributed by atoms with Crippen molar-refractivity contribution < 1.29 is 0 Å². The van der Waals surface area contributed by atoms with Crippen LogP contribution in [0.2, 0.25) is 0 Å². The topological polar surface area (TPSA) is 75.6 Å². The van der Waals surface area contributed by atoms with E-state index in [0.29, 0.717) is 0 Å². The first-order chi connectivity index (χ1) is 6.27. The smallest absolute Gasteiger partial charge is 0.268 e. The van der Waals surface area contributed by atoms with Gasteiger partial charge in [0.05, 0.1) is 0 Å². The van der Waals surface area contributed by atoms with Crippen molar-refractivity contribution in [3.63, 3.8) is 0 Å². The summed E-state index contributed by atoms with van der Waals surface area (Å²) in [5.74, 6) is 0. The minimum Gasteiger partial charge on any atom is -0.301 e. The molecule has 0 aromatic carbocycles. The molecule has 0 atom stereocenters. The van der Waals surface area contributed by atoms with Gasteiger partial charge in [-0.2, -0.15) is 0 Å². The Hall–Kier alpha value is -1.98. The second kappa shape index (κ2) is 2.81. The number of nitrogens with zero attached hydrogens (tertiary/aromatic N) is 2. The molecule has 2 N–H and O–H groups in total. The molecule has 0 bridgehead atoms. The molecule has 0 spiro atoms. The fraction of sp³-hybridized carbons (Fsp3) is 0.143. The van der Waals surface area contributed by atoms with E-state index in [2.05, 4.69) is 10.2 Å². The lowest BCUT2D eigenvalue weighted by molar-refractivity contribution is 0.481. The van der Waals surface area contributed by atoms with Gasteiger partial charge in [-0.1, -0.05) is 0 Å². The summed E-state index contributed by atoms with van der Waals surface area (Å²) in [5.41, 5.74) is -0.331. The predicted molar refractivity (Wildman–Crippen MR) is 45.5 cm³/mol. The molecule has 0 amide bonds. The van der Waals surface area contributed by atoms with Gasteiger partial charge in [0.25, 0.3) is 11.1 Å². The Labute approximate surface area is 72.4 Å². The van der Waals surface area contributed by atoms with Crippen LogP contribution in [0.3, 0.4) is 0 Å². The highest BCUT2D eigenvalue weighted by molar-refractivity contribution is 4.83. The second-order valence-electron chi connectivity index (χ2n) is 2.60. The quantitative estimate of drug-likeness (QED) is 0.633. The molecule has 0 fully saturated rings. The largest absolute Gasteiger partial charge is 0.301 e. The number of aromatic amines is 2. The van der Waals surface area contributed by atoms with E-state index in [4.69, 9.17) is 0 Å². The highest BCUT2D eigenvalue weighted by atomic mass is 16.1. The summed E-state index contributed by atoms with van der Waals surface area (Å²) in [6.07, 6.45) is 3.05. The molecule has 2 aromatic rings. The number of nitrogens with one attached hydrogen (secondary N) is 2.